The Hall–Kier alpha value is -3.45. The van der Waals surface area contributed by atoms with Crippen LogP contribution >= 0.6 is 23.1 Å². The maximum atomic E-state index is 12.9. The highest BCUT2D eigenvalue weighted by Crippen LogP contribution is 2.33. The Balaban J connectivity index is 1.58. The minimum absolute atomic E-state index is 0.0291. The number of amides is 2. The monoisotopic (exact) mass is 494 g/mol. The largest absolute Gasteiger partial charge is 0.484 e. The zero-order valence-corrected chi connectivity index (χ0v) is 19.2. The number of halogens is 1. The van der Waals surface area contributed by atoms with E-state index >= 15 is 0 Å². The van der Waals surface area contributed by atoms with Crippen molar-refractivity contribution in [2.24, 2.45) is 5.73 Å². The Morgan fingerprint density at radius 1 is 1.24 bits per heavy atom. The van der Waals surface area contributed by atoms with Gasteiger partial charge in [0.2, 0.25) is 5.91 Å². The third-order valence-electron chi connectivity index (χ3n) is 4.05. The molecule has 0 saturated carbocycles. The summed E-state index contributed by atoms with van der Waals surface area (Å²) in [6, 6.07) is 5.45. The van der Waals surface area contributed by atoms with Gasteiger partial charge in [0.1, 0.15) is 16.6 Å². The zero-order chi connectivity index (χ0) is 24.0. The number of esters is 1. The SMILES string of the molecule is CCOC(=O)c1c(NC(=O)CSc2nnc(COc3ccc(F)cc3)o2)sc(C(N)=O)c1C. The van der Waals surface area contributed by atoms with E-state index in [4.69, 9.17) is 19.6 Å². The number of thioether (sulfide) groups is 1. The Morgan fingerprint density at radius 3 is 2.64 bits per heavy atom. The van der Waals surface area contributed by atoms with Crippen molar-refractivity contribution in [3.05, 3.63) is 52.0 Å². The number of ether oxygens (including phenoxy) is 2. The average Bonchev–Trinajstić information content (AvgIpc) is 3.36. The van der Waals surface area contributed by atoms with Crippen molar-refractivity contribution in [2.75, 3.05) is 17.7 Å². The maximum Gasteiger partial charge on any atom is 0.341 e. The van der Waals surface area contributed by atoms with E-state index in [1.54, 1.807) is 13.8 Å². The van der Waals surface area contributed by atoms with Crippen LogP contribution in [0, 0.1) is 12.7 Å². The molecule has 0 spiro atoms. The number of carbonyl (C=O) groups is 3. The van der Waals surface area contributed by atoms with Crippen LogP contribution in [0.3, 0.4) is 0 Å². The summed E-state index contributed by atoms with van der Waals surface area (Å²) in [7, 11) is 0. The van der Waals surface area contributed by atoms with Crippen molar-refractivity contribution in [3.8, 4) is 5.75 Å². The van der Waals surface area contributed by atoms with Crippen LogP contribution in [0.2, 0.25) is 0 Å². The van der Waals surface area contributed by atoms with Gasteiger partial charge in [-0.15, -0.1) is 21.5 Å². The number of hydrogen-bond donors (Lipinski definition) is 2. The highest BCUT2D eigenvalue weighted by atomic mass is 32.2. The highest BCUT2D eigenvalue weighted by Gasteiger charge is 2.25. The second-order valence-corrected chi connectivity index (χ2v) is 8.33. The summed E-state index contributed by atoms with van der Waals surface area (Å²) in [6.07, 6.45) is 0. The van der Waals surface area contributed by atoms with Crippen LogP contribution in [0.25, 0.3) is 0 Å². The molecule has 1 aromatic carbocycles. The lowest BCUT2D eigenvalue weighted by Gasteiger charge is -2.06. The van der Waals surface area contributed by atoms with Crippen molar-refractivity contribution >= 4 is 45.9 Å². The average molecular weight is 495 g/mol. The number of nitrogens with two attached hydrogens (primary N) is 1. The Bertz CT molecular complexity index is 1160. The lowest BCUT2D eigenvalue weighted by molar-refractivity contribution is -0.113. The Morgan fingerprint density at radius 2 is 1.97 bits per heavy atom. The number of carbonyl (C=O) groups excluding carboxylic acids is 3. The van der Waals surface area contributed by atoms with Gasteiger partial charge in [-0.05, 0) is 43.7 Å². The molecule has 0 unspecified atom stereocenters. The zero-order valence-electron chi connectivity index (χ0n) is 17.5. The molecule has 174 valence electrons. The van der Waals surface area contributed by atoms with Gasteiger partial charge >= 0.3 is 5.97 Å². The van der Waals surface area contributed by atoms with Gasteiger partial charge in [-0.2, -0.15) is 0 Å². The van der Waals surface area contributed by atoms with Crippen LogP contribution in [0.5, 0.6) is 5.75 Å². The van der Waals surface area contributed by atoms with Gasteiger partial charge in [0, 0.05) is 0 Å². The maximum absolute atomic E-state index is 12.9. The van der Waals surface area contributed by atoms with Crippen LogP contribution in [-0.2, 0) is 16.1 Å². The van der Waals surface area contributed by atoms with Crippen LogP contribution in [0.4, 0.5) is 9.39 Å². The fourth-order valence-corrected chi connectivity index (χ4v) is 4.25. The van der Waals surface area contributed by atoms with Gasteiger partial charge in [0.15, 0.2) is 6.61 Å². The number of hydrogen-bond acceptors (Lipinski definition) is 10. The standard InChI is InChI=1S/C20H19FN4O6S2/c1-3-29-19(28)15-10(2)16(17(22)27)33-18(15)23-13(26)9-32-20-25-24-14(31-20)8-30-12-6-4-11(21)5-7-12/h4-7H,3,8-9H2,1-2H3,(H2,22,27)(H,23,26). The summed E-state index contributed by atoms with van der Waals surface area (Å²) in [5, 5.41) is 10.6. The molecule has 0 saturated heterocycles. The van der Waals surface area contributed by atoms with E-state index in [-0.39, 0.29) is 51.3 Å². The second kappa shape index (κ2) is 10.9. The molecule has 0 aliphatic carbocycles. The highest BCUT2D eigenvalue weighted by molar-refractivity contribution is 7.99. The molecular weight excluding hydrogens is 475 g/mol. The first kappa shape index (κ1) is 24.2. The quantitative estimate of drug-likeness (QED) is 0.320. The molecule has 2 heterocycles. The summed E-state index contributed by atoms with van der Waals surface area (Å²) in [4.78, 5) is 36.5. The van der Waals surface area contributed by atoms with Gasteiger partial charge < -0.3 is 24.9 Å². The molecule has 3 rings (SSSR count). The molecule has 33 heavy (non-hydrogen) atoms. The smallest absolute Gasteiger partial charge is 0.341 e. The van der Waals surface area contributed by atoms with Crippen molar-refractivity contribution in [1.29, 1.82) is 0 Å². The van der Waals surface area contributed by atoms with Crippen molar-refractivity contribution in [1.82, 2.24) is 10.2 Å². The first-order valence-electron chi connectivity index (χ1n) is 9.52. The molecule has 0 radical (unpaired) electrons. The Kier molecular flexibility index (Phi) is 8.01. The van der Waals surface area contributed by atoms with E-state index in [0.29, 0.717) is 11.3 Å². The number of aromatic nitrogens is 2. The number of thiophene rings is 1. The summed E-state index contributed by atoms with van der Waals surface area (Å²) >= 11 is 1.87. The van der Waals surface area contributed by atoms with Crippen molar-refractivity contribution < 1.29 is 32.7 Å². The third kappa shape index (κ3) is 6.29. The van der Waals surface area contributed by atoms with Gasteiger partial charge in [0.25, 0.3) is 17.0 Å². The number of benzene rings is 1. The van der Waals surface area contributed by atoms with Crippen molar-refractivity contribution in [2.45, 2.75) is 25.7 Å². The first-order chi connectivity index (χ1) is 15.8. The summed E-state index contributed by atoms with van der Waals surface area (Å²) in [5.74, 6) is -1.72. The van der Waals surface area contributed by atoms with Crippen LogP contribution in [0.15, 0.2) is 33.9 Å². The Labute approximate surface area is 195 Å². The molecule has 10 nitrogen and oxygen atoms in total. The summed E-state index contributed by atoms with van der Waals surface area (Å²) in [5.41, 5.74) is 5.79. The minimum atomic E-state index is -0.709. The molecular formula is C20H19FN4O6S2. The van der Waals surface area contributed by atoms with Gasteiger partial charge in [0.05, 0.1) is 22.8 Å². The van der Waals surface area contributed by atoms with E-state index in [9.17, 15) is 18.8 Å². The molecule has 2 amide bonds. The molecule has 3 N–H and O–H groups in total. The van der Waals surface area contributed by atoms with E-state index < -0.39 is 17.8 Å². The van der Waals surface area contributed by atoms with Crippen LogP contribution in [0.1, 0.15) is 38.4 Å². The molecule has 3 aromatic rings. The molecule has 13 heteroatoms. The normalized spacial score (nSPS) is 10.6. The molecule has 0 fully saturated rings. The van der Waals surface area contributed by atoms with Gasteiger partial charge in [-0.25, -0.2) is 9.18 Å². The van der Waals surface area contributed by atoms with Crippen molar-refractivity contribution in [3.63, 3.8) is 0 Å². The minimum Gasteiger partial charge on any atom is -0.484 e. The van der Waals surface area contributed by atoms with Crippen LogP contribution < -0.4 is 15.8 Å². The molecule has 0 bridgehead atoms. The van der Waals surface area contributed by atoms with E-state index in [1.165, 1.54) is 24.3 Å². The molecule has 2 aromatic heterocycles. The first-order valence-corrected chi connectivity index (χ1v) is 11.3. The molecule has 0 aliphatic rings. The molecule has 0 atom stereocenters. The van der Waals surface area contributed by atoms with Crippen LogP contribution in [-0.4, -0.2) is 40.3 Å². The predicted molar refractivity (Wildman–Crippen MR) is 118 cm³/mol. The van der Waals surface area contributed by atoms with Gasteiger partial charge in [-0.1, -0.05) is 11.8 Å². The lowest BCUT2D eigenvalue weighted by atomic mass is 10.1. The van der Waals surface area contributed by atoms with E-state index in [0.717, 1.165) is 23.1 Å². The van der Waals surface area contributed by atoms with Gasteiger partial charge in [-0.3, -0.25) is 9.59 Å². The van der Waals surface area contributed by atoms with E-state index in [1.807, 2.05) is 0 Å². The number of nitrogens with zero attached hydrogens (tertiary/aromatic N) is 2. The topological polar surface area (TPSA) is 147 Å². The fraction of sp³-hybridized carbons (Fsp3) is 0.250. The third-order valence-corrected chi connectivity index (χ3v) is 6.09. The number of nitrogens with one attached hydrogen (secondary N) is 1. The summed E-state index contributed by atoms with van der Waals surface area (Å²) < 4.78 is 28.8. The summed E-state index contributed by atoms with van der Waals surface area (Å²) in [6.45, 7) is 3.31. The number of anilines is 1. The van der Waals surface area contributed by atoms with E-state index in [2.05, 4.69) is 15.5 Å². The lowest BCUT2D eigenvalue weighted by Crippen LogP contribution is -2.16. The fourth-order valence-electron chi connectivity index (χ4n) is 2.61. The number of primary amides is 1. The number of rotatable bonds is 10. The predicted octanol–water partition coefficient (Wildman–Crippen LogP) is 3.16. The molecule has 0 aliphatic heterocycles. The second-order valence-electron chi connectivity index (χ2n) is 6.39.